The Kier molecular flexibility index (Phi) is 2.01. The van der Waals surface area contributed by atoms with Gasteiger partial charge in [0.2, 0.25) is 0 Å². The van der Waals surface area contributed by atoms with Crippen molar-refractivity contribution >= 4 is 0 Å². The van der Waals surface area contributed by atoms with Crippen LogP contribution in [-0.4, -0.2) is 16.2 Å². The molecule has 1 aliphatic carbocycles. The lowest BCUT2D eigenvalue weighted by atomic mass is 10.3. The van der Waals surface area contributed by atoms with Gasteiger partial charge in [0.15, 0.2) is 5.82 Å². The van der Waals surface area contributed by atoms with Crippen molar-refractivity contribution in [2.24, 2.45) is 0 Å². The first-order valence-corrected chi connectivity index (χ1v) is 4.18. The van der Waals surface area contributed by atoms with E-state index in [2.05, 4.69) is 5.10 Å². The summed E-state index contributed by atoms with van der Waals surface area (Å²) >= 11 is 0. The summed E-state index contributed by atoms with van der Waals surface area (Å²) in [6.07, 6.45) is 0.296. The Balaban J connectivity index is 2.23. The van der Waals surface area contributed by atoms with E-state index in [1.54, 1.807) is 0 Å². The third-order valence-electron chi connectivity index (χ3n) is 2.11. The summed E-state index contributed by atoms with van der Waals surface area (Å²) in [6.45, 7) is -0.504. The SMILES string of the molecule is Fc1cnn(CC(F)F)c1C1CC1. The molecule has 5 heteroatoms. The van der Waals surface area contributed by atoms with Gasteiger partial charge in [-0.2, -0.15) is 5.10 Å². The van der Waals surface area contributed by atoms with Crippen LogP contribution in [0.4, 0.5) is 13.2 Å². The average molecular weight is 190 g/mol. The Labute approximate surface area is 73.4 Å². The van der Waals surface area contributed by atoms with E-state index in [4.69, 9.17) is 0 Å². The maximum atomic E-state index is 13.0. The van der Waals surface area contributed by atoms with Gasteiger partial charge in [-0.05, 0) is 12.8 Å². The fraction of sp³-hybridized carbons (Fsp3) is 0.625. The van der Waals surface area contributed by atoms with Gasteiger partial charge in [-0.3, -0.25) is 4.68 Å². The van der Waals surface area contributed by atoms with Gasteiger partial charge in [0.25, 0.3) is 6.43 Å². The predicted octanol–water partition coefficient (Wildman–Crippen LogP) is 2.16. The first-order valence-electron chi connectivity index (χ1n) is 4.18. The molecule has 0 aliphatic heterocycles. The van der Waals surface area contributed by atoms with Crippen molar-refractivity contribution in [1.29, 1.82) is 0 Å². The third-order valence-corrected chi connectivity index (χ3v) is 2.11. The zero-order valence-electron chi connectivity index (χ0n) is 6.88. The molecule has 1 aliphatic rings. The van der Waals surface area contributed by atoms with Crippen molar-refractivity contribution in [2.75, 3.05) is 0 Å². The van der Waals surface area contributed by atoms with Crippen LogP contribution in [0.3, 0.4) is 0 Å². The smallest absolute Gasteiger partial charge is 0.257 e. The second kappa shape index (κ2) is 3.05. The molecular weight excluding hydrogens is 181 g/mol. The molecule has 13 heavy (non-hydrogen) atoms. The highest BCUT2D eigenvalue weighted by molar-refractivity contribution is 5.16. The van der Waals surface area contributed by atoms with Crippen molar-refractivity contribution < 1.29 is 13.2 Å². The van der Waals surface area contributed by atoms with Gasteiger partial charge in [-0.15, -0.1) is 0 Å². The van der Waals surface area contributed by atoms with Crippen LogP contribution >= 0.6 is 0 Å². The maximum Gasteiger partial charge on any atom is 0.257 e. The maximum absolute atomic E-state index is 13.0. The van der Waals surface area contributed by atoms with Crippen molar-refractivity contribution in [1.82, 2.24) is 9.78 Å². The molecule has 2 rings (SSSR count). The van der Waals surface area contributed by atoms with Crippen molar-refractivity contribution in [3.63, 3.8) is 0 Å². The van der Waals surface area contributed by atoms with Gasteiger partial charge in [0.05, 0.1) is 11.9 Å². The number of rotatable bonds is 3. The summed E-state index contributed by atoms with van der Waals surface area (Å²) in [4.78, 5) is 0. The van der Waals surface area contributed by atoms with Gasteiger partial charge in [-0.25, -0.2) is 13.2 Å². The van der Waals surface area contributed by atoms with Crippen LogP contribution < -0.4 is 0 Å². The molecule has 0 radical (unpaired) electrons. The highest BCUT2D eigenvalue weighted by Crippen LogP contribution is 2.41. The molecule has 0 amide bonds. The molecule has 0 saturated heterocycles. The molecule has 0 unspecified atom stereocenters. The molecule has 1 saturated carbocycles. The molecule has 0 bridgehead atoms. The first-order chi connectivity index (χ1) is 6.18. The summed E-state index contributed by atoms with van der Waals surface area (Å²) in [5.41, 5.74) is 0.348. The van der Waals surface area contributed by atoms with E-state index >= 15 is 0 Å². The molecule has 72 valence electrons. The van der Waals surface area contributed by atoms with Crippen molar-refractivity contribution in [3.05, 3.63) is 17.7 Å². The number of aromatic nitrogens is 2. The minimum absolute atomic E-state index is 0.112. The minimum Gasteiger partial charge on any atom is -0.260 e. The van der Waals surface area contributed by atoms with Gasteiger partial charge in [0.1, 0.15) is 6.54 Å². The Bertz CT molecular complexity index is 304. The molecule has 0 aromatic carbocycles. The van der Waals surface area contributed by atoms with Crippen LogP contribution in [0, 0.1) is 5.82 Å². The summed E-state index contributed by atoms with van der Waals surface area (Å²) in [6, 6.07) is 0. The lowest BCUT2D eigenvalue weighted by Crippen LogP contribution is -2.11. The quantitative estimate of drug-likeness (QED) is 0.714. The third kappa shape index (κ3) is 1.68. The van der Waals surface area contributed by atoms with E-state index in [1.165, 1.54) is 0 Å². The lowest BCUT2D eigenvalue weighted by molar-refractivity contribution is 0.120. The highest BCUT2D eigenvalue weighted by atomic mass is 19.3. The van der Waals surface area contributed by atoms with E-state index in [-0.39, 0.29) is 5.92 Å². The standard InChI is InChI=1S/C8H9F3N2/c9-6-3-12-13(4-7(10)11)8(6)5-1-2-5/h3,5,7H,1-2,4H2. The van der Waals surface area contributed by atoms with Crippen LogP contribution in [0.25, 0.3) is 0 Å². The summed E-state index contributed by atoms with van der Waals surface area (Å²) in [7, 11) is 0. The molecule has 1 heterocycles. The topological polar surface area (TPSA) is 17.8 Å². The normalized spacial score (nSPS) is 16.9. The van der Waals surface area contributed by atoms with Gasteiger partial charge in [-0.1, -0.05) is 0 Å². The van der Waals surface area contributed by atoms with Crippen LogP contribution in [0.15, 0.2) is 6.20 Å². The van der Waals surface area contributed by atoms with E-state index in [9.17, 15) is 13.2 Å². The largest absolute Gasteiger partial charge is 0.260 e. The Morgan fingerprint density at radius 3 is 2.77 bits per heavy atom. The molecule has 1 aromatic heterocycles. The van der Waals surface area contributed by atoms with Gasteiger partial charge in [0, 0.05) is 5.92 Å². The second-order valence-corrected chi connectivity index (χ2v) is 3.23. The van der Waals surface area contributed by atoms with Crippen LogP contribution in [0.1, 0.15) is 24.5 Å². The zero-order valence-corrected chi connectivity index (χ0v) is 6.88. The Morgan fingerprint density at radius 2 is 2.23 bits per heavy atom. The van der Waals surface area contributed by atoms with E-state index < -0.39 is 18.8 Å². The van der Waals surface area contributed by atoms with Crippen molar-refractivity contribution in [2.45, 2.75) is 31.7 Å². The molecule has 1 aromatic rings. The number of halogens is 3. The number of hydrogen-bond donors (Lipinski definition) is 0. The number of hydrogen-bond acceptors (Lipinski definition) is 1. The van der Waals surface area contributed by atoms with Crippen LogP contribution in [0.2, 0.25) is 0 Å². The summed E-state index contributed by atoms with van der Waals surface area (Å²) < 4.78 is 38.1. The molecule has 2 nitrogen and oxygen atoms in total. The van der Waals surface area contributed by atoms with Crippen molar-refractivity contribution in [3.8, 4) is 0 Å². The summed E-state index contributed by atoms with van der Waals surface area (Å²) in [5.74, 6) is -0.343. The zero-order chi connectivity index (χ0) is 9.42. The molecule has 0 spiro atoms. The van der Waals surface area contributed by atoms with Crippen LogP contribution in [-0.2, 0) is 6.54 Å². The van der Waals surface area contributed by atoms with E-state index in [0.29, 0.717) is 5.69 Å². The van der Waals surface area contributed by atoms with E-state index in [0.717, 1.165) is 23.7 Å². The minimum atomic E-state index is -2.48. The Morgan fingerprint density at radius 1 is 1.54 bits per heavy atom. The number of nitrogens with zero attached hydrogens (tertiary/aromatic N) is 2. The fourth-order valence-corrected chi connectivity index (χ4v) is 1.41. The lowest BCUT2D eigenvalue weighted by Gasteiger charge is -2.04. The highest BCUT2D eigenvalue weighted by Gasteiger charge is 2.31. The number of alkyl halides is 2. The second-order valence-electron chi connectivity index (χ2n) is 3.23. The predicted molar refractivity (Wildman–Crippen MR) is 40.2 cm³/mol. The Hall–Kier alpha value is -1.00. The molecular formula is C8H9F3N2. The monoisotopic (exact) mass is 190 g/mol. The molecule has 0 N–H and O–H groups in total. The fourth-order valence-electron chi connectivity index (χ4n) is 1.41. The van der Waals surface area contributed by atoms with Gasteiger partial charge < -0.3 is 0 Å². The van der Waals surface area contributed by atoms with Gasteiger partial charge >= 0.3 is 0 Å². The first kappa shape index (κ1) is 8.59. The molecule has 0 atom stereocenters. The van der Waals surface area contributed by atoms with Crippen LogP contribution in [0.5, 0.6) is 0 Å². The average Bonchev–Trinajstić information content (AvgIpc) is 2.79. The summed E-state index contributed by atoms with van der Waals surface area (Å²) in [5, 5.41) is 3.58. The molecule has 1 fully saturated rings. The van der Waals surface area contributed by atoms with E-state index in [1.807, 2.05) is 0 Å².